The summed E-state index contributed by atoms with van der Waals surface area (Å²) < 4.78 is 41.0. The van der Waals surface area contributed by atoms with Crippen LogP contribution in [-0.4, -0.2) is 21.4 Å². The Morgan fingerprint density at radius 2 is 1.71 bits per heavy atom. The molecule has 3 rings (SSSR count). The van der Waals surface area contributed by atoms with Crippen molar-refractivity contribution in [3.05, 3.63) is 94.8 Å². The third-order valence-electron chi connectivity index (χ3n) is 5.20. The molecule has 5 nitrogen and oxygen atoms in total. The Bertz CT molecular complexity index is 1220. The lowest BCUT2D eigenvalue weighted by atomic mass is 10.00. The van der Waals surface area contributed by atoms with Crippen LogP contribution in [0.15, 0.2) is 71.6 Å². The molecule has 0 spiro atoms. The Labute approximate surface area is 182 Å². The molecule has 0 heterocycles. The molecular formula is C24H25FN2O3S. The summed E-state index contributed by atoms with van der Waals surface area (Å²) in [6.45, 7) is 5.84. The van der Waals surface area contributed by atoms with Gasteiger partial charge < -0.3 is 5.32 Å². The van der Waals surface area contributed by atoms with Crippen molar-refractivity contribution in [2.45, 2.75) is 31.7 Å². The van der Waals surface area contributed by atoms with Crippen molar-refractivity contribution in [1.29, 1.82) is 0 Å². The van der Waals surface area contributed by atoms with Crippen molar-refractivity contribution in [2.24, 2.45) is 0 Å². The maximum atomic E-state index is 14.1. The van der Waals surface area contributed by atoms with E-state index in [2.05, 4.69) is 5.32 Å². The molecule has 0 bridgehead atoms. The van der Waals surface area contributed by atoms with Crippen LogP contribution in [0.4, 0.5) is 10.1 Å². The summed E-state index contributed by atoms with van der Waals surface area (Å²) in [7, 11) is -2.77. The fraction of sp³-hybridized carbons (Fsp3) is 0.208. The van der Waals surface area contributed by atoms with Gasteiger partial charge in [-0.05, 0) is 62.2 Å². The van der Waals surface area contributed by atoms with E-state index in [1.807, 2.05) is 39.0 Å². The van der Waals surface area contributed by atoms with Gasteiger partial charge in [0.15, 0.2) is 0 Å². The Kier molecular flexibility index (Phi) is 6.45. The Morgan fingerprint density at radius 3 is 2.42 bits per heavy atom. The van der Waals surface area contributed by atoms with Crippen LogP contribution in [0.25, 0.3) is 0 Å². The summed E-state index contributed by atoms with van der Waals surface area (Å²) in [5.74, 6) is -1.04. The number of carbonyl (C=O) groups excluding carboxylic acids is 1. The number of hydrogen-bond acceptors (Lipinski definition) is 3. The average molecular weight is 441 g/mol. The van der Waals surface area contributed by atoms with Gasteiger partial charge >= 0.3 is 0 Å². The summed E-state index contributed by atoms with van der Waals surface area (Å²) in [6.07, 6.45) is 0. The van der Waals surface area contributed by atoms with E-state index < -0.39 is 15.8 Å². The minimum atomic E-state index is -4.05. The molecule has 3 aromatic rings. The lowest BCUT2D eigenvalue weighted by Crippen LogP contribution is -2.29. The van der Waals surface area contributed by atoms with Crippen LogP contribution in [0.3, 0.4) is 0 Å². The van der Waals surface area contributed by atoms with Crippen molar-refractivity contribution < 1.29 is 17.6 Å². The number of nitrogens with one attached hydrogen (secondary N) is 1. The molecule has 3 aromatic carbocycles. The summed E-state index contributed by atoms with van der Waals surface area (Å²) in [6, 6.07) is 17.1. The lowest BCUT2D eigenvalue weighted by Gasteiger charge is -2.21. The molecule has 1 atom stereocenters. The fourth-order valence-corrected chi connectivity index (χ4v) is 4.63. The average Bonchev–Trinajstić information content (AvgIpc) is 2.75. The van der Waals surface area contributed by atoms with Crippen molar-refractivity contribution in [2.75, 3.05) is 11.4 Å². The maximum Gasteiger partial charge on any atom is 0.264 e. The van der Waals surface area contributed by atoms with Crippen molar-refractivity contribution >= 4 is 21.6 Å². The van der Waals surface area contributed by atoms with Crippen LogP contribution in [0, 0.1) is 19.7 Å². The van der Waals surface area contributed by atoms with Gasteiger partial charge in [-0.1, -0.05) is 42.0 Å². The molecule has 1 N–H and O–H groups in total. The van der Waals surface area contributed by atoms with Gasteiger partial charge in [-0.25, -0.2) is 12.8 Å². The largest absolute Gasteiger partial charge is 0.346 e. The highest BCUT2D eigenvalue weighted by molar-refractivity contribution is 7.92. The second kappa shape index (κ2) is 8.89. The van der Waals surface area contributed by atoms with Gasteiger partial charge in [0.2, 0.25) is 0 Å². The molecule has 0 aliphatic rings. The molecule has 0 saturated heterocycles. The van der Waals surface area contributed by atoms with Gasteiger partial charge in [-0.3, -0.25) is 9.10 Å². The first-order valence-corrected chi connectivity index (χ1v) is 11.3. The zero-order valence-electron chi connectivity index (χ0n) is 17.9. The summed E-state index contributed by atoms with van der Waals surface area (Å²) in [5, 5.41) is 2.92. The van der Waals surface area contributed by atoms with Crippen molar-refractivity contribution in [3.63, 3.8) is 0 Å². The first kappa shape index (κ1) is 22.5. The predicted octanol–water partition coefficient (Wildman–Crippen LogP) is 4.76. The van der Waals surface area contributed by atoms with Crippen molar-refractivity contribution in [1.82, 2.24) is 5.32 Å². The molecule has 31 heavy (non-hydrogen) atoms. The SMILES string of the molecule is Cc1ccc(C)c(C(C)NC(=O)c2cccc(S(=O)(=O)N(C)c3ccccc3F)c2)c1. The zero-order valence-corrected chi connectivity index (χ0v) is 18.7. The number of nitrogens with zero attached hydrogens (tertiary/aromatic N) is 1. The van der Waals surface area contributed by atoms with Crippen molar-refractivity contribution in [3.8, 4) is 0 Å². The molecule has 0 fully saturated rings. The van der Waals surface area contributed by atoms with Gasteiger partial charge in [0.1, 0.15) is 5.82 Å². The summed E-state index contributed by atoms with van der Waals surface area (Å²) in [4.78, 5) is 12.7. The van der Waals surface area contributed by atoms with E-state index in [4.69, 9.17) is 0 Å². The molecular weight excluding hydrogens is 415 g/mol. The topological polar surface area (TPSA) is 66.5 Å². The standard InChI is InChI=1S/C24H25FN2O3S/c1-16-12-13-17(2)21(14-16)18(3)26-24(28)19-8-7-9-20(15-19)31(29,30)27(4)23-11-6-5-10-22(23)25/h5-15,18H,1-4H3,(H,26,28). The Balaban J connectivity index is 1.86. The van der Waals surface area contributed by atoms with E-state index in [9.17, 15) is 17.6 Å². The lowest BCUT2D eigenvalue weighted by molar-refractivity contribution is 0.0939. The number of carbonyl (C=O) groups is 1. The van der Waals surface area contributed by atoms with Gasteiger partial charge in [-0.15, -0.1) is 0 Å². The van der Waals surface area contributed by atoms with Crippen LogP contribution >= 0.6 is 0 Å². The summed E-state index contributed by atoms with van der Waals surface area (Å²) >= 11 is 0. The summed E-state index contributed by atoms with van der Waals surface area (Å²) in [5.41, 5.74) is 3.28. The first-order valence-electron chi connectivity index (χ1n) is 9.83. The van der Waals surface area contributed by atoms with Gasteiger partial charge in [0.25, 0.3) is 15.9 Å². The van der Waals surface area contributed by atoms with E-state index >= 15 is 0 Å². The molecule has 0 aliphatic carbocycles. The highest BCUT2D eigenvalue weighted by Gasteiger charge is 2.24. The van der Waals surface area contributed by atoms with E-state index in [-0.39, 0.29) is 28.1 Å². The molecule has 7 heteroatoms. The Hall–Kier alpha value is -3.19. The second-order valence-electron chi connectivity index (χ2n) is 7.51. The fourth-order valence-electron chi connectivity index (χ4n) is 3.38. The van der Waals surface area contributed by atoms with Gasteiger partial charge in [0, 0.05) is 12.6 Å². The van der Waals surface area contributed by atoms with Crippen LogP contribution in [0.5, 0.6) is 0 Å². The third-order valence-corrected chi connectivity index (χ3v) is 6.96. The van der Waals surface area contributed by atoms with Crippen LogP contribution in [-0.2, 0) is 10.0 Å². The van der Waals surface area contributed by atoms with E-state index in [0.717, 1.165) is 21.0 Å². The number of para-hydroxylation sites is 1. The maximum absolute atomic E-state index is 14.1. The number of hydrogen-bond donors (Lipinski definition) is 1. The number of aryl methyl sites for hydroxylation is 2. The molecule has 0 aliphatic heterocycles. The molecule has 0 radical (unpaired) electrons. The van der Waals surface area contributed by atoms with Gasteiger partial charge in [0.05, 0.1) is 16.6 Å². The monoisotopic (exact) mass is 440 g/mol. The van der Waals surface area contributed by atoms with Crippen LogP contribution in [0.2, 0.25) is 0 Å². The van der Waals surface area contributed by atoms with Crippen LogP contribution < -0.4 is 9.62 Å². The number of halogens is 1. The Morgan fingerprint density at radius 1 is 1.00 bits per heavy atom. The van der Waals surface area contributed by atoms with E-state index in [1.165, 1.54) is 43.4 Å². The molecule has 0 aromatic heterocycles. The first-order chi connectivity index (χ1) is 14.6. The number of amides is 1. The number of rotatable bonds is 6. The minimum absolute atomic E-state index is 0.0686. The molecule has 0 saturated carbocycles. The third kappa shape index (κ3) is 4.77. The molecule has 1 amide bonds. The zero-order chi connectivity index (χ0) is 22.8. The highest BCUT2D eigenvalue weighted by atomic mass is 32.2. The molecule has 1 unspecified atom stereocenters. The highest BCUT2D eigenvalue weighted by Crippen LogP contribution is 2.25. The number of benzene rings is 3. The van der Waals surface area contributed by atoms with E-state index in [1.54, 1.807) is 12.1 Å². The smallest absolute Gasteiger partial charge is 0.264 e. The van der Waals surface area contributed by atoms with E-state index in [0.29, 0.717) is 0 Å². The normalized spacial score (nSPS) is 12.3. The quantitative estimate of drug-likeness (QED) is 0.601. The predicted molar refractivity (Wildman–Crippen MR) is 120 cm³/mol. The van der Waals surface area contributed by atoms with Crippen LogP contribution in [0.1, 0.15) is 40.0 Å². The second-order valence-corrected chi connectivity index (χ2v) is 9.48. The molecule has 162 valence electrons. The minimum Gasteiger partial charge on any atom is -0.346 e. The number of sulfonamides is 1. The number of anilines is 1. The van der Waals surface area contributed by atoms with Gasteiger partial charge in [-0.2, -0.15) is 0 Å².